The molecule has 1 aliphatic heterocycles. The third kappa shape index (κ3) is 4.56. The smallest absolute Gasteiger partial charge is 0.303 e. The van der Waals surface area contributed by atoms with E-state index < -0.39 is 5.97 Å². The number of carbonyl (C=O) groups is 2. The van der Waals surface area contributed by atoms with Crippen molar-refractivity contribution in [2.45, 2.75) is 19.8 Å². The third-order valence-corrected chi connectivity index (χ3v) is 4.53. The molecule has 7 heteroatoms. The predicted molar refractivity (Wildman–Crippen MR) is 94.4 cm³/mol. The first kappa shape index (κ1) is 17.5. The van der Waals surface area contributed by atoms with Gasteiger partial charge in [0.2, 0.25) is 0 Å². The minimum atomic E-state index is -0.878. The van der Waals surface area contributed by atoms with Crippen LogP contribution in [0.2, 0.25) is 0 Å². The lowest BCUT2D eigenvalue weighted by molar-refractivity contribution is -0.137. The van der Waals surface area contributed by atoms with Gasteiger partial charge in [-0.15, -0.1) is 0 Å². The van der Waals surface area contributed by atoms with Crippen LogP contribution in [0.1, 0.15) is 25.3 Å². The number of amides is 1. The van der Waals surface area contributed by atoms with Gasteiger partial charge in [0.1, 0.15) is 10.1 Å². The van der Waals surface area contributed by atoms with E-state index in [4.69, 9.17) is 22.1 Å². The molecule has 0 saturated carbocycles. The third-order valence-electron chi connectivity index (χ3n) is 3.15. The Balaban J connectivity index is 2.14. The molecular weight excluding hydrogens is 334 g/mol. The molecule has 122 valence electrons. The summed E-state index contributed by atoms with van der Waals surface area (Å²) in [6.45, 7) is 2.77. The normalized spacial score (nSPS) is 16.2. The predicted octanol–water partition coefficient (Wildman–Crippen LogP) is 3.15. The molecule has 2 rings (SSSR count). The van der Waals surface area contributed by atoms with Crippen LogP contribution >= 0.6 is 24.0 Å². The molecule has 0 unspecified atom stereocenters. The zero-order valence-corrected chi connectivity index (χ0v) is 14.3. The highest BCUT2D eigenvalue weighted by molar-refractivity contribution is 8.26. The molecule has 1 aromatic carbocycles. The topological polar surface area (TPSA) is 66.8 Å². The zero-order chi connectivity index (χ0) is 16.8. The Morgan fingerprint density at radius 1 is 1.43 bits per heavy atom. The van der Waals surface area contributed by atoms with Crippen LogP contribution in [0.25, 0.3) is 6.08 Å². The Labute approximate surface area is 144 Å². The Kier molecular flexibility index (Phi) is 6.18. The fourth-order valence-electron chi connectivity index (χ4n) is 2.11. The average Bonchev–Trinajstić information content (AvgIpc) is 2.76. The van der Waals surface area contributed by atoms with E-state index in [1.165, 1.54) is 16.7 Å². The van der Waals surface area contributed by atoms with E-state index in [0.29, 0.717) is 34.5 Å². The maximum Gasteiger partial charge on any atom is 0.303 e. The number of aliphatic carboxylic acids is 1. The number of hydrogen-bond acceptors (Lipinski definition) is 5. The van der Waals surface area contributed by atoms with Gasteiger partial charge in [0, 0.05) is 18.5 Å². The van der Waals surface area contributed by atoms with E-state index in [1.54, 1.807) is 6.08 Å². The summed E-state index contributed by atoms with van der Waals surface area (Å²) in [5, 5.41) is 8.68. The van der Waals surface area contributed by atoms with Gasteiger partial charge in [-0.1, -0.05) is 42.2 Å². The molecule has 0 aliphatic carbocycles. The van der Waals surface area contributed by atoms with Crippen molar-refractivity contribution in [3.63, 3.8) is 0 Å². The Morgan fingerprint density at radius 2 is 2.17 bits per heavy atom. The fraction of sp³-hybridized carbons (Fsp3) is 0.312. The Bertz CT molecular complexity index is 657. The summed E-state index contributed by atoms with van der Waals surface area (Å²) in [5.74, 6) is -0.348. The van der Waals surface area contributed by atoms with E-state index in [9.17, 15) is 9.59 Å². The van der Waals surface area contributed by atoms with Gasteiger partial charge in [0.25, 0.3) is 5.91 Å². The molecule has 1 saturated heterocycles. The highest BCUT2D eigenvalue weighted by Crippen LogP contribution is 2.34. The van der Waals surface area contributed by atoms with E-state index in [0.717, 1.165) is 5.56 Å². The minimum absolute atomic E-state index is 0.0171. The summed E-state index contributed by atoms with van der Waals surface area (Å²) in [5.41, 5.74) is 0.820. The Morgan fingerprint density at radius 3 is 2.87 bits per heavy atom. The van der Waals surface area contributed by atoms with Gasteiger partial charge in [-0.25, -0.2) is 0 Å². The summed E-state index contributed by atoms with van der Waals surface area (Å²) in [7, 11) is 0. The second kappa shape index (κ2) is 8.12. The number of rotatable bonds is 7. The van der Waals surface area contributed by atoms with E-state index >= 15 is 0 Å². The number of carbonyl (C=O) groups excluding carboxylic acids is 1. The molecule has 1 heterocycles. The molecule has 1 N–H and O–H groups in total. The van der Waals surface area contributed by atoms with Gasteiger partial charge in [-0.3, -0.25) is 14.5 Å². The first-order valence-electron chi connectivity index (χ1n) is 7.22. The minimum Gasteiger partial charge on any atom is -0.493 e. The van der Waals surface area contributed by atoms with Gasteiger partial charge in [0.05, 0.1) is 11.5 Å². The van der Waals surface area contributed by atoms with Crippen LogP contribution in [-0.4, -0.2) is 39.4 Å². The number of carboxylic acids is 1. The van der Waals surface area contributed by atoms with Crippen molar-refractivity contribution in [2.24, 2.45) is 0 Å². The quantitative estimate of drug-likeness (QED) is 0.601. The summed E-state index contributed by atoms with van der Waals surface area (Å²) in [4.78, 5) is 25.0. The molecule has 1 fully saturated rings. The van der Waals surface area contributed by atoms with Gasteiger partial charge < -0.3 is 9.84 Å². The maximum atomic E-state index is 12.4. The summed E-state index contributed by atoms with van der Waals surface area (Å²) < 4.78 is 6.01. The molecular formula is C16H17NO4S2. The molecule has 0 atom stereocenters. The zero-order valence-electron chi connectivity index (χ0n) is 12.7. The van der Waals surface area contributed by atoms with E-state index in [2.05, 4.69) is 0 Å². The number of hydrogen-bond donors (Lipinski definition) is 1. The number of benzene rings is 1. The van der Waals surface area contributed by atoms with Gasteiger partial charge in [-0.05, 0) is 25.5 Å². The number of para-hydroxylation sites is 1. The number of nitrogens with zero attached hydrogens (tertiary/aromatic N) is 1. The molecule has 0 radical (unpaired) electrons. The van der Waals surface area contributed by atoms with Crippen LogP contribution in [0.15, 0.2) is 29.2 Å². The van der Waals surface area contributed by atoms with E-state index in [1.807, 2.05) is 31.2 Å². The van der Waals surface area contributed by atoms with Crippen LogP contribution in [0.3, 0.4) is 0 Å². The van der Waals surface area contributed by atoms with Gasteiger partial charge >= 0.3 is 5.97 Å². The maximum absolute atomic E-state index is 12.4. The highest BCUT2D eigenvalue weighted by Gasteiger charge is 2.31. The van der Waals surface area contributed by atoms with Crippen LogP contribution in [0.5, 0.6) is 5.75 Å². The van der Waals surface area contributed by atoms with Crippen LogP contribution < -0.4 is 4.74 Å². The van der Waals surface area contributed by atoms with Crippen molar-refractivity contribution in [1.29, 1.82) is 0 Å². The molecule has 1 amide bonds. The fourth-order valence-corrected chi connectivity index (χ4v) is 3.41. The van der Waals surface area contributed by atoms with Crippen molar-refractivity contribution >= 4 is 46.3 Å². The van der Waals surface area contributed by atoms with Crippen molar-refractivity contribution in [3.8, 4) is 5.75 Å². The van der Waals surface area contributed by atoms with E-state index in [-0.39, 0.29) is 12.3 Å². The lowest BCUT2D eigenvalue weighted by Gasteiger charge is -2.13. The molecule has 0 spiro atoms. The molecule has 0 bridgehead atoms. The first-order chi connectivity index (χ1) is 11.0. The SMILES string of the molecule is CCOc1ccccc1C=C1SC(=S)N(CCCC(=O)O)C1=O. The summed E-state index contributed by atoms with van der Waals surface area (Å²) in [6, 6.07) is 7.48. The van der Waals surface area contributed by atoms with Gasteiger partial charge in [-0.2, -0.15) is 0 Å². The molecule has 1 aromatic rings. The standard InChI is InChI=1S/C16H17NO4S2/c1-2-21-12-7-4-3-6-11(12)10-13-15(20)17(16(22)23-13)9-5-8-14(18)19/h3-4,6-7,10H,2,5,8-9H2,1H3,(H,18,19). The lowest BCUT2D eigenvalue weighted by atomic mass is 10.2. The summed E-state index contributed by atoms with van der Waals surface area (Å²) in [6.07, 6.45) is 2.16. The summed E-state index contributed by atoms with van der Waals surface area (Å²) >= 11 is 6.45. The molecule has 23 heavy (non-hydrogen) atoms. The van der Waals surface area contributed by atoms with Gasteiger partial charge in [0.15, 0.2) is 0 Å². The number of thiocarbonyl (C=S) groups is 1. The second-order valence-corrected chi connectivity index (χ2v) is 6.48. The monoisotopic (exact) mass is 351 g/mol. The number of thioether (sulfide) groups is 1. The first-order valence-corrected chi connectivity index (χ1v) is 8.44. The second-order valence-electron chi connectivity index (χ2n) is 4.80. The Hall–Kier alpha value is -1.86. The largest absolute Gasteiger partial charge is 0.493 e. The van der Waals surface area contributed by atoms with Crippen molar-refractivity contribution in [3.05, 3.63) is 34.7 Å². The average molecular weight is 351 g/mol. The van der Waals surface area contributed by atoms with Crippen LogP contribution in [-0.2, 0) is 9.59 Å². The molecule has 1 aliphatic rings. The number of carboxylic acid groups (broad SMARTS) is 1. The van der Waals surface area contributed by atoms with Crippen molar-refractivity contribution in [1.82, 2.24) is 4.90 Å². The molecule has 5 nitrogen and oxygen atoms in total. The molecule has 0 aromatic heterocycles. The van der Waals surface area contributed by atoms with Crippen molar-refractivity contribution in [2.75, 3.05) is 13.2 Å². The van der Waals surface area contributed by atoms with Crippen molar-refractivity contribution < 1.29 is 19.4 Å². The highest BCUT2D eigenvalue weighted by atomic mass is 32.2. The lowest BCUT2D eigenvalue weighted by Crippen LogP contribution is -2.29. The number of ether oxygens (including phenoxy) is 1. The van der Waals surface area contributed by atoms with Crippen LogP contribution in [0, 0.1) is 0 Å². The van der Waals surface area contributed by atoms with Crippen LogP contribution in [0.4, 0.5) is 0 Å².